The summed E-state index contributed by atoms with van der Waals surface area (Å²) in [5.74, 6) is 0.590. The zero-order valence-corrected chi connectivity index (χ0v) is 15.0. The van der Waals surface area contributed by atoms with E-state index in [1.54, 1.807) is 5.48 Å². The first-order valence-electron chi connectivity index (χ1n) is 9.31. The van der Waals surface area contributed by atoms with E-state index in [1.807, 2.05) is 6.07 Å². The Balaban J connectivity index is 1.43. The number of allylic oxidation sites excluding steroid dienone is 2. The van der Waals surface area contributed by atoms with Crippen LogP contribution in [0.5, 0.6) is 0 Å². The number of nitrogens with one attached hydrogen (secondary N) is 2. The number of para-hydroxylation sites is 1. The second-order valence-corrected chi connectivity index (χ2v) is 6.62. The summed E-state index contributed by atoms with van der Waals surface area (Å²) in [5, 5.41) is 9.70. The molecule has 0 fully saturated rings. The van der Waals surface area contributed by atoms with Crippen LogP contribution >= 0.6 is 0 Å². The van der Waals surface area contributed by atoms with Crippen LogP contribution in [-0.4, -0.2) is 22.7 Å². The Labute approximate surface area is 153 Å². The fraction of sp³-hybridized carbons (Fsp3) is 0.381. The molecule has 1 amide bonds. The van der Waals surface area contributed by atoms with Gasteiger partial charge in [-0.1, -0.05) is 43.5 Å². The van der Waals surface area contributed by atoms with Gasteiger partial charge < -0.3 is 9.72 Å². The molecule has 0 unspecified atom stereocenters. The molecule has 1 aromatic carbocycles. The maximum atomic E-state index is 10.9. The van der Waals surface area contributed by atoms with Crippen LogP contribution in [0.15, 0.2) is 42.2 Å². The summed E-state index contributed by atoms with van der Waals surface area (Å²) in [6, 6.07) is 8.38. The predicted molar refractivity (Wildman–Crippen MR) is 103 cm³/mol. The number of carbonyl (C=O) groups is 1. The summed E-state index contributed by atoms with van der Waals surface area (Å²) in [5.41, 5.74) is 5.28. The number of aromatic nitrogens is 1. The smallest absolute Gasteiger partial charge is 0.243 e. The Morgan fingerprint density at radius 3 is 2.85 bits per heavy atom. The number of aromatic amines is 1. The molecular formula is C21H26N2O3. The molecular weight excluding hydrogens is 328 g/mol. The number of hydrogen-bond acceptors (Lipinski definition) is 3. The van der Waals surface area contributed by atoms with E-state index in [9.17, 15) is 4.79 Å². The Kier molecular flexibility index (Phi) is 6.50. The zero-order chi connectivity index (χ0) is 18.2. The van der Waals surface area contributed by atoms with Crippen LogP contribution in [-0.2, 0) is 16.0 Å². The van der Waals surface area contributed by atoms with Gasteiger partial charge >= 0.3 is 0 Å². The molecule has 0 aliphatic heterocycles. The minimum absolute atomic E-state index is 0.309. The number of benzene rings is 1. The van der Waals surface area contributed by atoms with Crippen molar-refractivity contribution in [2.45, 2.75) is 44.9 Å². The minimum Gasteiger partial charge on any atom is -0.494 e. The minimum atomic E-state index is -0.309. The molecule has 1 aliphatic rings. The van der Waals surface area contributed by atoms with Crippen molar-refractivity contribution < 1.29 is 14.7 Å². The van der Waals surface area contributed by atoms with E-state index in [2.05, 4.69) is 41.4 Å². The molecule has 0 saturated heterocycles. The first-order chi connectivity index (χ1) is 12.8. The van der Waals surface area contributed by atoms with Crippen LogP contribution in [0.25, 0.3) is 17.0 Å². The molecule has 138 valence electrons. The molecule has 0 saturated carbocycles. The van der Waals surface area contributed by atoms with Gasteiger partial charge in [0.15, 0.2) is 0 Å². The van der Waals surface area contributed by atoms with Crippen LogP contribution in [0.2, 0.25) is 0 Å². The van der Waals surface area contributed by atoms with Crippen molar-refractivity contribution in [3.8, 4) is 0 Å². The molecule has 0 atom stereocenters. The summed E-state index contributed by atoms with van der Waals surface area (Å²) in [7, 11) is 0. The van der Waals surface area contributed by atoms with Crippen molar-refractivity contribution in [2.75, 3.05) is 6.61 Å². The third-order valence-electron chi connectivity index (χ3n) is 4.68. The molecule has 3 rings (SSSR count). The molecule has 3 N–H and O–H groups in total. The monoisotopic (exact) mass is 354 g/mol. The Morgan fingerprint density at radius 1 is 1.15 bits per heavy atom. The van der Waals surface area contributed by atoms with Crippen molar-refractivity contribution in [3.63, 3.8) is 0 Å². The number of H-pyrrole nitrogens is 1. The summed E-state index contributed by atoms with van der Waals surface area (Å²) in [4.78, 5) is 14.4. The van der Waals surface area contributed by atoms with Gasteiger partial charge in [-0.05, 0) is 37.0 Å². The third-order valence-corrected chi connectivity index (χ3v) is 4.68. The Hall–Kier alpha value is -2.53. The zero-order valence-electron chi connectivity index (χ0n) is 15.0. The molecule has 1 aliphatic carbocycles. The molecule has 0 spiro atoms. The summed E-state index contributed by atoms with van der Waals surface area (Å²) >= 11 is 0. The van der Waals surface area contributed by atoms with Crippen LogP contribution in [0.1, 0.15) is 49.8 Å². The predicted octanol–water partition coefficient (Wildman–Crippen LogP) is 4.48. The van der Waals surface area contributed by atoms with Gasteiger partial charge in [-0.2, -0.15) is 0 Å². The standard InChI is InChI=1S/C21H26N2O3/c24-21(23-25)13-4-2-1-3-7-14-26-16-9-8-11-18-17-10-5-6-12-19(17)22-20(18)15-16/h5-6,8-10,12,15,22,25H,1-4,7,11,13-14H2,(H,23,24). The van der Waals surface area contributed by atoms with Gasteiger partial charge in [0.2, 0.25) is 5.91 Å². The lowest BCUT2D eigenvalue weighted by Crippen LogP contribution is -2.17. The number of fused-ring (bicyclic) bond motifs is 3. The molecule has 0 radical (unpaired) electrons. The molecule has 2 aromatic rings. The van der Waals surface area contributed by atoms with E-state index in [0.29, 0.717) is 13.0 Å². The maximum absolute atomic E-state index is 10.9. The fourth-order valence-corrected chi connectivity index (χ4v) is 3.30. The molecule has 5 heteroatoms. The largest absolute Gasteiger partial charge is 0.494 e. The topological polar surface area (TPSA) is 74.4 Å². The Bertz CT molecular complexity index is 805. The summed E-state index contributed by atoms with van der Waals surface area (Å²) in [6.07, 6.45) is 12.5. The molecule has 5 nitrogen and oxygen atoms in total. The quantitative estimate of drug-likeness (QED) is 0.353. The third kappa shape index (κ3) is 4.76. The lowest BCUT2D eigenvalue weighted by atomic mass is 10.1. The highest BCUT2D eigenvalue weighted by Crippen LogP contribution is 2.27. The van der Waals surface area contributed by atoms with Gasteiger partial charge in [0.25, 0.3) is 0 Å². The number of hydrogen-bond donors (Lipinski definition) is 3. The van der Waals surface area contributed by atoms with Gasteiger partial charge in [-0.3, -0.25) is 10.0 Å². The molecule has 0 bridgehead atoms. The van der Waals surface area contributed by atoms with E-state index in [1.165, 1.54) is 16.5 Å². The lowest BCUT2D eigenvalue weighted by Gasteiger charge is -2.06. The number of unbranched alkanes of at least 4 members (excludes halogenated alkanes) is 4. The van der Waals surface area contributed by atoms with Crippen LogP contribution < -0.4 is 5.48 Å². The highest BCUT2D eigenvalue weighted by molar-refractivity contribution is 5.88. The van der Waals surface area contributed by atoms with Crippen LogP contribution in [0.4, 0.5) is 0 Å². The number of carbonyl (C=O) groups excluding carboxylic acids is 1. The summed E-state index contributed by atoms with van der Waals surface area (Å²) < 4.78 is 5.94. The second kappa shape index (κ2) is 9.25. The van der Waals surface area contributed by atoms with Gasteiger partial charge in [-0.15, -0.1) is 0 Å². The molecule has 26 heavy (non-hydrogen) atoms. The van der Waals surface area contributed by atoms with E-state index in [-0.39, 0.29) is 5.91 Å². The normalized spacial score (nSPS) is 13.2. The maximum Gasteiger partial charge on any atom is 0.243 e. The number of rotatable bonds is 9. The SMILES string of the molecule is O=C(CCCCCCCOC1=Cc2[nH]c3ccccc3c2CC=C1)NO. The highest BCUT2D eigenvalue weighted by Gasteiger charge is 2.11. The van der Waals surface area contributed by atoms with Gasteiger partial charge in [0, 0.05) is 29.1 Å². The fourth-order valence-electron chi connectivity index (χ4n) is 3.30. The van der Waals surface area contributed by atoms with Crippen LogP contribution in [0, 0.1) is 0 Å². The van der Waals surface area contributed by atoms with Crippen molar-refractivity contribution in [1.29, 1.82) is 0 Å². The van der Waals surface area contributed by atoms with Gasteiger partial charge in [0.1, 0.15) is 5.76 Å². The molecule has 1 heterocycles. The Morgan fingerprint density at radius 2 is 1.96 bits per heavy atom. The van der Waals surface area contributed by atoms with E-state index >= 15 is 0 Å². The van der Waals surface area contributed by atoms with Gasteiger partial charge in [-0.25, -0.2) is 5.48 Å². The first kappa shape index (κ1) is 18.3. The van der Waals surface area contributed by atoms with E-state index < -0.39 is 0 Å². The van der Waals surface area contributed by atoms with Crippen molar-refractivity contribution in [2.24, 2.45) is 0 Å². The van der Waals surface area contributed by atoms with Gasteiger partial charge in [0.05, 0.1) is 6.61 Å². The number of amides is 1. The first-order valence-corrected chi connectivity index (χ1v) is 9.31. The highest BCUT2D eigenvalue weighted by atomic mass is 16.5. The average molecular weight is 354 g/mol. The van der Waals surface area contributed by atoms with Crippen LogP contribution in [0.3, 0.4) is 0 Å². The number of hydroxylamine groups is 1. The van der Waals surface area contributed by atoms with Crippen molar-refractivity contribution in [3.05, 3.63) is 53.4 Å². The average Bonchev–Trinajstić information content (AvgIpc) is 2.87. The van der Waals surface area contributed by atoms with Crippen molar-refractivity contribution >= 4 is 22.9 Å². The summed E-state index contributed by atoms with van der Waals surface area (Å²) in [6.45, 7) is 0.697. The number of ether oxygens (including phenoxy) is 1. The lowest BCUT2D eigenvalue weighted by molar-refractivity contribution is -0.129. The molecule has 1 aromatic heterocycles. The van der Waals surface area contributed by atoms with Crippen molar-refractivity contribution in [1.82, 2.24) is 10.5 Å². The van der Waals surface area contributed by atoms with E-state index in [4.69, 9.17) is 9.94 Å². The van der Waals surface area contributed by atoms with E-state index in [0.717, 1.165) is 50.0 Å². The second-order valence-electron chi connectivity index (χ2n) is 6.62.